The second-order valence-electron chi connectivity index (χ2n) is 5.35. The van der Waals surface area contributed by atoms with Gasteiger partial charge in [0.25, 0.3) is 0 Å². The van der Waals surface area contributed by atoms with E-state index in [0.29, 0.717) is 0 Å². The summed E-state index contributed by atoms with van der Waals surface area (Å²) in [7, 11) is 0. The molecule has 1 atom stereocenters. The quantitative estimate of drug-likeness (QED) is 0.534. The molecular weight excluding hydrogens is 327 g/mol. The molecule has 0 amide bonds. The second kappa shape index (κ2) is 8.59. The van der Waals surface area contributed by atoms with Gasteiger partial charge in [0.1, 0.15) is 0 Å². The van der Waals surface area contributed by atoms with Crippen LogP contribution in [0.25, 0.3) is 0 Å². The summed E-state index contributed by atoms with van der Waals surface area (Å²) in [6.07, 6.45) is 0. The number of rotatable bonds is 8. The number of alkyl halides is 3. The van der Waals surface area contributed by atoms with Crippen LogP contribution in [0.1, 0.15) is 32.4 Å². The molecule has 0 aromatic heterocycles. The molecule has 0 aliphatic heterocycles. The molecule has 0 saturated heterocycles. The van der Waals surface area contributed by atoms with Gasteiger partial charge in [-0.2, -0.15) is 0 Å². The molecule has 1 N–H and O–H groups in total. The van der Waals surface area contributed by atoms with Gasteiger partial charge >= 0.3 is 0 Å². The second-order valence-corrected chi connectivity index (χ2v) is 7.72. The molecule has 0 aliphatic rings. The van der Waals surface area contributed by atoms with Crippen LogP contribution in [0.4, 0.5) is 0 Å². The highest BCUT2D eigenvalue weighted by Gasteiger charge is 2.34. The third-order valence-corrected chi connectivity index (χ3v) is 5.06. The maximum absolute atomic E-state index is 6.15. The minimum absolute atomic E-state index is 0.295. The van der Waals surface area contributed by atoms with Gasteiger partial charge in [-0.05, 0) is 26.3 Å². The van der Waals surface area contributed by atoms with Crippen LogP contribution in [0.3, 0.4) is 0 Å². The zero-order valence-corrected chi connectivity index (χ0v) is 15.3. The first-order chi connectivity index (χ1) is 9.88. The SMILES string of the molecule is CC[N+](CC)(CC)CCN[C@@H](c1ccccc1)C(Cl)(Cl)Cl. The van der Waals surface area contributed by atoms with E-state index in [0.717, 1.165) is 42.8 Å². The first kappa shape index (κ1) is 19.1. The summed E-state index contributed by atoms with van der Waals surface area (Å²) in [4.78, 5) is 0. The minimum Gasteiger partial charge on any atom is -0.323 e. The maximum atomic E-state index is 6.15. The number of benzene rings is 1. The Morgan fingerprint density at radius 3 is 1.95 bits per heavy atom. The average Bonchev–Trinajstić information content (AvgIpc) is 2.48. The lowest BCUT2D eigenvalue weighted by Gasteiger charge is -2.37. The Balaban J connectivity index is 2.72. The van der Waals surface area contributed by atoms with Crippen molar-refractivity contribution >= 4 is 34.8 Å². The zero-order chi connectivity index (χ0) is 15.9. The zero-order valence-electron chi connectivity index (χ0n) is 13.1. The first-order valence-corrected chi connectivity index (χ1v) is 8.72. The van der Waals surface area contributed by atoms with E-state index in [4.69, 9.17) is 34.8 Å². The standard InChI is InChI=1S/C16H26Cl3N2/c1-4-21(5-2,6-3)13-12-20-15(16(17,18)19)14-10-8-7-9-11-14/h7-11,15,20H,4-6,12-13H2,1-3H3/q+1/t15-/m0/s1. The molecule has 120 valence electrons. The molecule has 0 bridgehead atoms. The van der Waals surface area contributed by atoms with E-state index >= 15 is 0 Å². The Morgan fingerprint density at radius 2 is 1.52 bits per heavy atom. The molecule has 21 heavy (non-hydrogen) atoms. The van der Waals surface area contributed by atoms with Gasteiger partial charge in [-0.15, -0.1) is 0 Å². The molecule has 5 heteroatoms. The van der Waals surface area contributed by atoms with Crippen molar-refractivity contribution in [2.24, 2.45) is 0 Å². The van der Waals surface area contributed by atoms with E-state index in [-0.39, 0.29) is 6.04 Å². The summed E-state index contributed by atoms with van der Waals surface area (Å²) in [5.74, 6) is 0. The maximum Gasteiger partial charge on any atom is 0.209 e. The Morgan fingerprint density at radius 1 is 1.00 bits per heavy atom. The fourth-order valence-electron chi connectivity index (χ4n) is 2.66. The van der Waals surface area contributed by atoms with Crippen molar-refractivity contribution in [1.29, 1.82) is 0 Å². The minimum atomic E-state index is -1.36. The van der Waals surface area contributed by atoms with E-state index in [1.165, 1.54) is 0 Å². The summed E-state index contributed by atoms with van der Waals surface area (Å²) in [5, 5.41) is 3.42. The van der Waals surface area contributed by atoms with Crippen LogP contribution in [0.2, 0.25) is 0 Å². The first-order valence-electron chi connectivity index (χ1n) is 7.58. The fourth-order valence-corrected chi connectivity index (χ4v) is 3.27. The Hall–Kier alpha value is 0.01000. The third-order valence-electron chi connectivity index (χ3n) is 4.41. The summed E-state index contributed by atoms with van der Waals surface area (Å²) >= 11 is 18.4. The fraction of sp³-hybridized carbons (Fsp3) is 0.625. The number of quaternary nitrogens is 1. The van der Waals surface area contributed by atoms with Crippen molar-refractivity contribution in [2.75, 3.05) is 32.7 Å². The molecule has 2 nitrogen and oxygen atoms in total. The number of hydrogen-bond donors (Lipinski definition) is 1. The Kier molecular flexibility index (Phi) is 7.80. The highest BCUT2D eigenvalue weighted by molar-refractivity contribution is 6.68. The van der Waals surface area contributed by atoms with E-state index in [2.05, 4.69) is 26.1 Å². The van der Waals surface area contributed by atoms with E-state index in [9.17, 15) is 0 Å². The molecule has 1 aromatic rings. The topological polar surface area (TPSA) is 12.0 Å². The molecule has 1 rings (SSSR count). The van der Waals surface area contributed by atoms with E-state index in [1.54, 1.807) is 0 Å². The highest BCUT2D eigenvalue weighted by Crippen LogP contribution is 2.39. The van der Waals surface area contributed by atoms with E-state index in [1.807, 2.05) is 30.3 Å². The predicted molar refractivity (Wildman–Crippen MR) is 94.2 cm³/mol. The molecule has 0 spiro atoms. The molecule has 0 saturated carbocycles. The van der Waals surface area contributed by atoms with E-state index < -0.39 is 3.79 Å². The van der Waals surface area contributed by atoms with Gasteiger partial charge in [-0.25, -0.2) is 0 Å². The lowest BCUT2D eigenvalue weighted by Crippen LogP contribution is -2.51. The molecule has 0 radical (unpaired) electrons. The van der Waals surface area contributed by atoms with Crippen LogP contribution >= 0.6 is 34.8 Å². The lowest BCUT2D eigenvalue weighted by molar-refractivity contribution is -0.922. The van der Waals surface area contributed by atoms with Gasteiger partial charge in [0.05, 0.1) is 32.2 Å². The third kappa shape index (κ3) is 5.61. The van der Waals surface area contributed by atoms with Crippen molar-refractivity contribution in [3.63, 3.8) is 0 Å². The lowest BCUT2D eigenvalue weighted by atomic mass is 10.1. The van der Waals surface area contributed by atoms with Gasteiger partial charge in [-0.3, -0.25) is 0 Å². The summed E-state index contributed by atoms with van der Waals surface area (Å²) in [5.41, 5.74) is 1.00. The molecular formula is C16H26Cl3N2+. The van der Waals surface area contributed by atoms with Crippen LogP contribution in [-0.4, -0.2) is 41.0 Å². The average molecular weight is 353 g/mol. The van der Waals surface area contributed by atoms with Crippen LogP contribution in [0.5, 0.6) is 0 Å². The number of likely N-dealkylation sites (N-methyl/N-ethyl adjacent to an activating group) is 1. The highest BCUT2D eigenvalue weighted by atomic mass is 35.6. The number of nitrogens with zero attached hydrogens (tertiary/aromatic N) is 1. The van der Waals surface area contributed by atoms with Gasteiger partial charge in [0.15, 0.2) is 0 Å². The van der Waals surface area contributed by atoms with Crippen molar-refractivity contribution in [1.82, 2.24) is 5.32 Å². The van der Waals surface area contributed by atoms with Gasteiger partial charge in [-0.1, -0.05) is 65.1 Å². The number of hydrogen-bond acceptors (Lipinski definition) is 1. The molecule has 0 fully saturated rings. The smallest absolute Gasteiger partial charge is 0.209 e. The largest absolute Gasteiger partial charge is 0.323 e. The van der Waals surface area contributed by atoms with Crippen molar-refractivity contribution < 1.29 is 4.48 Å². The molecule has 1 aromatic carbocycles. The van der Waals surface area contributed by atoms with Crippen molar-refractivity contribution in [3.05, 3.63) is 35.9 Å². The molecule has 0 heterocycles. The van der Waals surface area contributed by atoms with Crippen molar-refractivity contribution in [3.8, 4) is 0 Å². The molecule has 0 unspecified atom stereocenters. The normalized spacial score (nSPS) is 14.2. The van der Waals surface area contributed by atoms with Crippen LogP contribution in [0.15, 0.2) is 30.3 Å². The predicted octanol–water partition coefficient (Wildman–Crippen LogP) is 4.56. The van der Waals surface area contributed by atoms with Crippen LogP contribution in [-0.2, 0) is 0 Å². The van der Waals surface area contributed by atoms with Gasteiger partial charge in [0, 0.05) is 6.54 Å². The van der Waals surface area contributed by atoms with Crippen LogP contribution < -0.4 is 5.32 Å². The Labute approximate surface area is 144 Å². The van der Waals surface area contributed by atoms with Gasteiger partial charge in [0.2, 0.25) is 3.79 Å². The molecule has 0 aliphatic carbocycles. The van der Waals surface area contributed by atoms with Gasteiger partial charge < -0.3 is 9.80 Å². The monoisotopic (exact) mass is 351 g/mol. The Bertz CT molecular complexity index is 391. The van der Waals surface area contributed by atoms with Crippen LogP contribution in [0, 0.1) is 0 Å². The summed E-state index contributed by atoms with van der Waals surface area (Å²) < 4.78 is -0.282. The summed E-state index contributed by atoms with van der Waals surface area (Å²) in [6.45, 7) is 11.9. The number of halogens is 3. The summed E-state index contributed by atoms with van der Waals surface area (Å²) in [6, 6.07) is 9.57. The van der Waals surface area contributed by atoms with Crippen molar-refractivity contribution in [2.45, 2.75) is 30.6 Å². The number of nitrogens with one attached hydrogen (secondary N) is 1.